The van der Waals surface area contributed by atoms with Gasteiger partial charge in [-0.3, -0.25) is 9.69 Å². The number of methoxy groups -OCH3 is 1. The fourth-order valence-corrected chi connectivity index (χ4v) is 4.89. The summed E-state index contributed by atoms with van der Waals surface area (Å²) in [6.45, 7) is 4.73. The van der Waals surface area contributed by atoms with Crippen molar-refractivity contribution in [3.05, 3.63) is 125 Å². The van der Waals surface area contributed by atoms with Gasteiger partial charge in [0.1, 0.15) is 17.4 Å². The lowest BCUT2D eigenvalue weighted by Crippen LogP contribution is -2.33. The summed E-state index contributed by atoms with van der Waals surface area (Å²) in [5.41, 5.74) is 3.68. The van der Waals surface area contributed by atoms with Crippen LogP contribution in [-0.4, -0.2) is 24.6 Å². The first-order valence-electron chi connectivity index (χ1n) is 13.0. The largest absolute Gasteiger partial charge is 0.496 e. The van der Waals surface area contributed by atoms with E-state index in [4.69, 9.17) is 9.47 Å². The summed E-state index contributed by atoms with van der Waals surface area (Å²) in [7, 11) is 1.51. The summed E-state index contributed by atoms with van der Waals surface area (Å²) in [6.07, 6.45) is 0.0928. The van der Waals surface area contributed by atoms with E-state index in [1.807, 2.05) is 48.5 Å². The van der Waals surface area contributed by atoms with Gasteiger partial charge in [-0.15, -0.1) is 0 Å². The van der Waals surface area contributed by atoms with E-state index in [0.29, 0.717) is 17.9 Å². The molecule has 4 nitrogen and oxygen atoms in total. The van der Waals surface area contributed by atoms with Gasteiger partial charge in [0.15, 0.2) is 0 Å². The van der Waals surface area contributed by atoms with E-state index in [1.54, 1.807) is 13.0 Å². The van der Waals surface area contributed by atoms with Crippen molar-refractivity contribution in [3.8, 4) is 16.9 Å². The van der Waals surface area contributed by atoms with Gasteiger partial charge in [0.25, 0.3) is 0 Å². The zero-order valence-electron chi connectivity index (χ0n) is 22.4. The molecule has 6 heteroatoms. The SMILES string of the molecule is CCOC(=O)CC(c1ccc(OC)c(-c2ccc(F)cc2F)c1)N(Cc1ccccc1)C(C)c1ccccc1. The second-order valence-corrected chi connectivity index (χ2v) is 9.35. The molecule has 4 rings (SSSR count). The van der Waals surface area contributed by atoms with Gasteiger partial charge >= 0.3 is 5.97 Å². The van der Waals surface area contributed by atoms with Crippen molar-refractivity contribution < 1.29 is 23.0 Å². The predicted octanol–water partition coefficient (Wildman–Crippen LogP) is 7.90. The van der Waals surface area contributed by atoms with Gasteiger partial charge in [-0.25, -0.2) is 8.78 Å². The Morgan fingerprint density at radius 3 is 2.18 bits per heavy atom. The minimum atomic E-state index is -0.689. The lowest BCUT2D eigenvalue weighted by Gasteiger charge is -2.37. The molecule has 0 saturated heterocycles. The van der Waals surface area contributed by atoms with Crippen LogP contribution in [0, 0.1) is 11.6 Å². The molecule has 0 saturated carbocycles. The number of carbonyl (C=O) groups excluding carboxylic acids is 1. The lowest BCUT2D eigenvalue weighted by atomic mass is 9.93. The summed E-state index contributed by atoms with van der Waals surface area (Å²) < 4.78 is 39.5. The molecule has 0 bridgehead atoms. The third kappa shape index (κ3) is 6.89. The molecule has 0 fully saturated rings. The molecule has 0 N–H and O–H groups in total. The third-order valence-electron chi connectivity index (χ3n) is 6.88. The van der Waals surface area contributed by atoms with Gasteiger partial charge in [0, 0.05) is 35.8 Å². The highest BCUT2D eigenvalue weighted by atomic mass is 19.1. The Morgan fingerprint density at radius 2 is 1.54 bits per heavy atom. The highest BCUT2D eigenvalue weighted by Crippen LogP contribution is 2.39. The molecule has 0 radical (unpaired) electrons. The zero-order chi connectivity index (χ0) is 27.8. The van der Waals surface area contributed by atoms with Gasteiger partial charge in [0.05, 0.1) is 20.1 Å². The highest BCUT2D eigenvalue weighted by Gasteiger charge is 2.30. The number of rotatable bonds is 11. The van der Waals surface area contributed by atoms with Crippen molar-refractivity contribution in [2.24, 2.45) is 0 Å². The molecule has 4 aromatic carbocycles. The van der Waals surface area contributed by atoms with E-state index in [-0.39, 0.29) is 30.6 Å². The first-order chi connectivity index (χ1) is 18.9. The van der Waals surface area contributed by atoms with Crippen LogP contribution in [0.25, 0.3) is 11.1 Å². The Labute approximate surface area is 228 Å². The normalized spacial score (nSPS) is 12.7. The second-order valence-electron chi connectivity index (χ2n) is 9.35. The molecule has 0 aliphatic heterocycles. The Balaban J connectivity index is 1.86. The van der Waals surface area contributed by atoms with Crippen LogP contribution in [0.5, 0.6) is 5.75 Å². The van der Waals surface area contributed by atoms with Crippen LogP contribution in [0.3, 0.4) is 0 Å². The molecule has 0 aromatic heterocycles. The number of hydrogen-bond donors (Lipinski definition) is 0. The molecule has 39 heavy (non-hydrogen) atoms. The molecule has 2 unspecified atom stereocenters. The molecule has 0 aliphatic carbocycles. The van der Waals surface area contributed by atoms with Crippen molar-refractivity contribution in [2.45, 2.75) is 38.9 Å². The Bertz CT molecular complexity index is 1380. The van der Waals surface area contributed by atoms with Crippen LogP contribution in [0.2, 0.25) is 0 Å². The number of ether oxygens (including phenoxy) is 2. The quantitative estimate of drug-likeness (QED) is 0.185. The Kier molecular flexibility index (Phi) is 9.45. The van der Waals surface area contributed by atoms with E-state index in [2.05, 4.69) is 36.1 Å². The molecule has 0 aliphatic rings. The number of esters is 1. The molecule has 0 amide bonds. The molecule has 0 spiro atoms. The van der Waals surface area contributed by atoms with Crippen LogP contribution >= 0.6 is 0 Å². The first kappa shape index (κ1) is 28.0. The van der Waals surface area contributed by atoms with Crippen molar-refractivity contribution in [1.29, 1.82) is 0 Å². The lowest BCUT2D eigenvalue weighted by molar-refractivity contribution is -0.145. The van der Waals surface area contributed by atoms with Gasteiger partial charge in [0.2, 0.25) is 0 Å². The van der Waals surface area contributed by atoms with Crippen LogP contribution in [-0.2, 0) is 16.1 Å². The van der Waals surface area contributed by atoms with Crippen molar-refractivity contribution >= 4 is 5.97 Å². The van der Waals surface area contributed by atoms with Crippen molar-refractivity contribution in [2.75, 3.05) is 13.7 Å². The predicted molar refractivity (Wildman–Crippen MR) is 149 cm³/mol. The van der Waals surface area contributed by atoms with E-state index in [9.17, 15) is 13.6 Å². The van der Waals surface area contributed by atoms with Crippen LogP contribution in [0.1, 0.15) is 49.0 Å². The number of halogens is 2. The standard InChI is InChI=1S/C33H33F2NO3/c1-4-39-33(37)21-31(26-15-18-32(38-3)29(19-26)28-17-16-27(34)20-30(28)35)36(22-24-11-7-5-8-12-24)23(2)25-13-9-6-10-14-25/h5-20,23,31H,4,21-22H2,1-3H3. The van der Waals surface area contributed by atoms with E-state index < -0.39 is 17.7 Å². The molecular weight excluding hydrogens is 496 g/mol. The van der Waals surface area contributed by atoms with Gasteiger partial charge in [-0.1, -0.05) is 66.7 Å². The number of carbonyl (C=O) groups is 1. The molecule has 4 aromatic rings. The van der Waals surface area contributed by atoms with E-state index in [0.717, 1.165) is 22.8 Å². The maximum atomic E-state index is 14.9. The third-order valence-corrected chi connectivity index (χ3v) is 6.88. The topological polar surface area (TPSA) is 38.8 Å². The first-order valence-corrected chi connectivity index (χ1v) is 13.0. The zero-order valence-corrected chi connectivity index (χ0v) is 22.4. The summed E-state index contributed by atoms with van der Waals surface area (Å²) in [4.78, 5) is 15.2. The van der Waals surface area contributed by atoms with Crippen LogP contribution in [0.15, 0.2) is 97.1 Å². The summed E-state index contributed by atoms with van der Waals surface area (Å²) >= 11 is 0. The fourth-order valence-electron chi connectivity index (χ4n) is 4.89. The second kappa shape index (κ2) is 13.2. The van der Waals surface area contributed by atoms with Crippen molar-refractivity contribution in [3.63, 3.8) is 0 Å². The minimum absolute atomic E-state index is 0.0704. The maximum absolute atomic E-state index is 14.9. The van der Waals surface area contributed by atoms with Gasteiger partial charge in [-0.2, -0.15) is 0 Å². The molecule has 0 heterocycles. The highest BCUT2D eigenvalue weighted by molar-refractivity contribution is 5.73. The molecule has 202 valence electrons. The van der Waals surface area contributed by atoms with Crippen molar-refractivity contribution in [1.82, 2.24) is 4.90 Å². The smallest absolute Gasteiger partial charge is 0.307 e. The van der Waals surface area contributed by atoms with Crippen LogP contribution in [0.4, 0.5) is 8.78 Å². The van der Waals surface area contributed by atoms with Gasteiger partial charge in [-0.05, 0) is 54.8 Å². The number of nitrogens with zero attached hydrogens (tertiary/aromatic N) is 1. The Hall–Kier alpha value is -4.03. The number of benzene rings is 4. The molecular formula is C33H33F2NO3. The average molecular weight is 530 g/mol. The van der Waals surface area contributed by atoms with E-state index >= 15 is 0 Å². The average Bonchev–Trinajstić information content (AvgIpc) is 2.95. The fraction of sp³-hybridized carbons (Fsp3) is 0.242. The Morgan fingerprint density at radius 1 is 0.846 bits per heavy atom. The minimum Gasteiger partial charge on any atom is -0.496 e. The monoisotopic (exact) mass is 529 g/mol. The van der Waals surface area contributed by atoms with Crippen LogP contribution < -0.4 is 4.74 Å². The summed E-state index contributed by atoms with van der Waals surface area (Å²) in [5, 5.41) is 0. The summed E-state index contributed by atoms with van der Waals surface area (Å²) in [6, 6.07) is 28.6. The summed E-state index contributed by atoms with van der Waals surface area (Å²) in [5.74, 6) is -1.22. The number of hydrogen-bond acceptors (Lipinski definition) is 4. The van der Waals surface area contributed by atoms with Gasteiger partial charge < -0.3 is 9.47 Å². The van der Waals surface area contributed by atoms with E-state index in [1.165, 1.54) is 19.2 Å². The maximum Gasteiger partial charge on any atom is 0.307 e. The molecule has 2 atom stereocenters.